The Morgan fingerprint density at radius 2 is 1.65 bits per heavy atom. The molecular formula is C17H31NO2. The van der Waals surface area contributed by atoms with Gasteiger partial charge in [-0.2, -0.15) is 0 Å². The standard InChI is InChI=1S/C17H31NO2/c1-12(2)18-11-16(19)20-4-3-17-8-13-5-14(9-17)7-15(6-13)10-17/h12-16,18-19H,3-11H2,1-2H3. The highest BCUT2D eigenvalue weighted by atomic mass is 16.6. The summed E-state index contributed by atoms with van der Waals surface area (Å²) in [5, 5.41) is 13.0. The van der Waals surface area contributed by atoms with Crippen LogP contribution < -0.4 is 5.32 Å². The Bertz CT molecular complexity index is 294. The van der Waals surface area contributed by atoms with E-state index in [0.717, 1.165) is 30.8 Å². The molecule has 1 atom stereocenters. The van der Waals surface area contributed by atoms with Gasteiger partial charge in [0.25, 0.3) is 0 Å². The van der Waals surface area contributed by atoms with Crippen LogP contribution in [0.3, 0.4) is 0 Å². The summed E-state index contributed by atoms with van der Waals surface area (Å²) in [5.41, 5.74) is 0.569. The maximum Gasteiger partial charge on any atom is 0.167 e. The average molecular weight is 281 g/mol. The predicted molar refractivity (Wildman–Crippen MR) is 80.3 cm³/mol. The zero-order valence-corrected chi connectivity index (χ0v) is 13.1. The highest BCUT2D eigenvalue weighted by molar-refractivity contribution is 5.01. The summed E-state index contributed by atoms with van der Waals surface area (Å²) in [7, 11) is 0. The van der Waals surface area contributed by atoms with E-state index in [2.05, 4.69) is 19.2 Å². The van der Waals surface area contributed by atoms with Crippen molar-refractivity contribution in [2.24, 2.45) is 23.2 Å². The normalized spacial score (nSPS) is 40.5. The lowest BCUT2D eigenvalue weighted by atomic mass is 9.49. The van der Waals surface area contributed by atoms with Crippen LogP contribution in [0.25, 0.3) is 0 Å². The number of ether oxygens (including phenoxy) is 1. The van der Waals surface area contributed by atoms with E-state index in [1.165, 1.54) is 38.5 Å². The zero-order chi connectivity index (χ0) is 14.2. The summed E-state index contributed by atoms with van der Waals surface area (Å²) in [6.07, 6.45) is 9.32. The highest BCUT2D eigenvalue weighted by Gasteiger charge is 2.50. The number of hydrogen-bond donors (Lipinski definition) is 2. The zero-order valence-electron chi connectivity index (χ0n) is 13.1. The monoisotopic (exact) mass is 281 g/mol. The van der Waals surface area contributed by atoms with Gasteiger partial charge >= 0.3 is 0 Å². The second kappa shape index (κ2) is 5.94. The first-order chi connectivity index (χ1) is 9.55. The molecule has 4 fully saturated rings. The number of aliphatic hydroxyl groups excluding tert-OH is 1. The van der Waals surface area contributed by atoms with Gasteiger partial charge in [0.05, 0.1) is 6.61 Å². The fourth-order valence-electron chi connectivity index (χ4n) is 5.40. The van der Waals surface area contributed by atoms with Crippen LogP contribution in [-0.2, 0) is 4.74 Å². The van der Waals surface area contributed by atoms with E-state index in [9.17, 15) is 5.11 Å². The van der Waals surface area contributed by atoms with Crippen molar-refractivity contribution in [2.75, 3.05) is 13.2 Å². The predicted octanol–water partition coefficient (Wildman–Crippen LogP) is 2.93. The number of hydrogen-bond acceptors (Lipinski definition) is 3. The van der Waals surface area contributed by atoms with Gasteiger partial charge in [-0.25, -0.2) is 0 Å². The van der Waals surface area contributed by atoms with Crippen molar-refractivity contribution in [1.82, 2.24) is 5.32 Å². The third kappa shape index (κ3) is 3.37. The van der Waals surface area contributed by atoms with Crippen LogP contribution in [-0.4, -0.2) is 30.6 Å². The molecular weight excluding hydrogens is 250 g/mol. The van der Waals surface area contributed by atoms with Crippen molar-refractivity contribution in [3.05, 3.63) is 0 Å². The Morgan fingerprint density at radius 3 is 2.15 bits per heavy atom. The second-order valence-electron chi connectivity index (χ2n) is 8.06. The first-order valence-corrected chi connectivity index (χ1v) is 8.58. The molecule has 0 radical (unpaired) electrons. The molecule has 20 heavy (non-hydrogen) atoms. The first-order valence-electron chi connectivity index (χ1n) is 8.58. The van der Waals surface area contributed by atoms with Gasteiger partial charge in [-0.15, -0.1) is 0 Å². The fraction of sp³-hybridized carbons (Fsp3) is 1.00. The van der Waals surface area contributed by atoms with Crippen molar-refractivity contribution in [2.45, 2.75) is 71.1 Å². The molecule has 3 nitrogen and oxygen atoms in total. The molecule has 4 aliphatic carbocycles. The topological polar surface area (TPSA) is 41.5 Å². The molecule has 0 aromatic carbocycles. The third-order valence-corrected chi connectivity index (χ3v) is 5.81. The van der Waals surface area contributed by atoms with Crippen molar-refractivity contribution < 1.29 is 9.84 Å². The highest BCUT2D eigenvalue weighted by Crippen LogP contribution is 2.61. The fourth-order valence-corrected chi connectivity index (χ4v) is 5.40. The van der Waals surface area contributed by atoms with E-state index >= 15 is 0 Å². The van der Waals surface area contributed by atoms with Gasteiger partial charge in [0.2, 0.25) is 0 Å². The first kappa shape index (κ1) is 14.8. The minimum absolute atomic E-state index is 0.399. The summed E-state index contributed by atoms with van der Waals surface area (Å²) in [5.74, 6) is 3.02. The van der Waals surface area contributed by atoms with Gasteiger partial charge in [-0.3, -0.25) is 0 Å². The van der Waals surface area contributed by atoms with Gasteiger partial charge in [0, 0.05) is 12.6 Å². The molecule has 4 aliphatic rings. The summed E-state index contributed by atoms with van der Waals surface area (Å²) in [6.45, 7) is 5.44. The van der Waals surface area contributed by atoms with E-state index in [-0.39, 0.29) is 0 Å². The Labute approximate surface area is 123 Å². The van der Waals surface area contributed by atoms with Gasteiger partial charge in [0.15, 0.2) is 6.29 Å². The minimum atomic E-state index is -0.647. The summed E-state index contributed by atoms with van der Waals surface area (Å²) in [6, 6.07) is 0.399. The van der Waals surface area contributed by atoms with E-state index in [1.807, 2.05) is 0 Å². The molecule has 0 heterocycles. The molecule has 4 rings (SSSR count). The molecule has 0 spiro atoms. The van der Waals surface area contributed by atoms with Crippen molar-refractivity contribution in [1.29, 1.82) is 0 Å². The SMILES string of the molecule is CC(C)NCC(O)OCCC12CC3CC(CC(C3)C1)C2. The van der Waals surface area contributed by atoms with Crippen molar-refractivity contribution in [3.63, 3.8) is 0 Å². The van der Waals surface area contributed by atoms with Crippen molar-refractivity contribution >= 4 is 0 Å². The Hall–Kier alpha value is -0.120. The van der Waals surface area contributed by atoms with Crippen LogP contribution in [0.1, 0.15) is 58.8 Å². The van der Waals surface area contributed by atoms with Crippen molar-refractivity contribution in [3.8, 4) is 0 Å². The van der Waals surface area contributed by atoms with Crippen LogP contribution in [0.5, 0.6) is 0 Å². The molecule has 0 aromatic heterocycles. The summed E-state index contributed by atoms with van der Waals surface area (Å²) < 4.78 is 5.62. The quantitative estimate of drug-likeness (QED) is 0.705. The molecule has 3 heteroatoms. The molecule has 116 valence electrons. The number of nitrogens with one attached hydrogen (secondary N) is 1. The van der Waals surface area contributed by atoms with Gasteiger partial charge in [-0.05, 0) is 68.1 Å². The molecule has 0 saturated heterocycles. The van der Waals surface area contributed by atoms with E-state index in [4.69, 9.17) is 4.74 Å². The largest absolute Gasteiger partial charge is 0.367 e. The van der Waals surface area contributed by atoms with Crippen LogP contribution in [0.4, 0.5) is 0 Å². The lowest BCUT2D eigenvalue weighted by Gasteiger charge is -2.57. The number of aliphatic hydroxyl groups is 1. The summed E-state index contributed by atoms with van der Waals surface area (Å²) >= 11 is 0. The smallest absolute Gasteiger partial charge is 0.167 e. The molecule has 0 amide bonds. The molecule has 4 bridgehead atoms. The maximum atomic E-state index is 9.83. The Kier molecular flexibility index (Phi) is 4.40. The molecule has 2 N–H and O–H groups in total. The van der Waals surface area contributed by atoms with Crippen LogP contribution in [0, 0.1) is 23.2 Å². The Balaban J connectivity index is 1.42. The van der Waals surface area contributed by atoms with Crippen LogP contribution >= 0.6 is 0 Å². The molecule has 4 saturated carbocycles. The van der Waals surface area contributed by atoms with E-state index in [1.54, 1.807) is 0 Å². The lowest BCUT2D eigenvalue weighted by molar-refractivity contribution is -0.121. The minimum Gasteiger partial charge on any atom is -0.367 e. The van der Waals surface area contributed by atoms with Gasteiger partial charge < -0.3 is 15.2 Å². The third-order valence-electron chi connectivity index (χ3n) is 5.81. The molecule has 1 unspecified atom stereocenters. The van der Waals surface area contributed by atoms with Crippen LogP contribution in [0.2, 0.25) is 0 Å². The molecule has 0 aromatic rings. The Morgan fingerprint density at radius 1 is 1.10 bits per heavy atom. The van der Waals surface area contributed by atoms with Gasteiger partial charge in [0.1, 0.15) is 0 Å². The molecule has 0 aliphatic heterocycles. The van der Waals surface area contributed by atoms with Gasteiger partial charge in [-0.1, -0.05) is 13.8 Å². The lowest BCUT2D eigenvalue weighted by Crippen LogP contribution is -2.46. The maximum absolute atomic E-state index is 9.83. The van der Waals surface area contributed by atoms with E-state index in [0.29, 0.717) is 18.0 Å². The number of rotatable bonds is 7. The van der Waals surface area contributed by atoms with E-state index < -0.39 is 6.29 Å². The second-order valence-corrected chi connectivity index (χ2v) is 8.06. The summed E-state index contributed by atoms with van der Waals surface area (Å²) in [4.78, 5) is 0. The average Bonchev–Trinajstić information content (AvgIpc) is 2.34. The van der Waals surface area contributed by atoms with Crippen LogP contribution in [0.15, 0.2) is 0 Å².